The molecule has 0 heterocycles. The summed E-state index contributed by atoms with van der Waals surface area (Å²) >= 11 is 0. The molecule has 0 unspecified atom stereocenters. The van der Waals surface area contributed by atoms with E-state index in [4.69, 9.17) is 9.29 Å². The van der Waals surface area contributed by atoms with Gasteiger partial charge in [-0.1, -0.05) is 89.9 Å². The van der Waals surface area contributed by atoms with Crippen molar-refractivity contribution in [1.29, 1.82) is 0 Å². The Morgan fingerprint density at radius 1 is 0.583 bits per heavy atom. The standard InChI is InChI=1S/C19H40O4S/c1-23-18-16-14-12-10-8-6-4-2-3-5-7-9-11-13-15-17-19-24(20,21)22/h2-19H2,1H3,(H,20,21,22). The number of methoxy groups -OCH3 is 1. The topological polar surface area (TPSA) is 63.6 Å². The Hall–Kier alpha value is -0.130. The van der Waals surface area contributed by atoms with Crippen molar-refractivity contribution in [2.45, 2.75) is 103 Å². The molecule has 0 saturated heterocycles. The van der Waals surface area contributed by atoms with Crippen LogP contribution in [0.5, 0.6) is 0 Å². The Labute approximate surface area is 150 Å². The molecule has 0 aromatic rings. The first-order valence-corrected chi connectivity index (χ1v) is 11.6. The third-order valence-electron chi connectivity index (χ3n) is 4.50. The Morgan fingerprint density at radius 2 is 0.875 bits per heavy atom. The third-order valence-corrected chi connectivity index (χ3v) is 5.31. The van der Waals surface area contributed by atoms with Gasteiger partial charge in [0.25, 0.3) is 10.1 Å². The van der Waals surface area contributed by atoms with Crippen LogP contribution in [0.2, 0.25) is 0 Å². The highest BCUT2D eigenvalue weighted by molar-refractivity contribution is 7.85. The number of ether oxygens (including phenoxy) is 1. The van der Waals surface area contributed by atoms with Gasteiger partial charge in [0.15, 0.2) is 0 Å². The van der Waals surface area contributed by atoms with Gasteiger partial charge in [0.05, 0.1) is 5.75 Å². The first-order chi connectivity index (χ1) is 11.6. The van der Waals surface area contributed by atoms with Crippen molar-refractivity contribution in [2.75, 3.05) is 19.5 Å². The van der Waals surface area contributed by atoms with Crippen LogP contribution in [0, 0.1) is 0 Å². The molecule has 0 radical (unpaired) electrons. The number of hydrogen-bond acceptors (Lipinski definition) is 3. The lowest BCUT2D eigenvalue weighted by molar-refractivity contribution is 0.192. The van der Waals surface area contributed by atoms with Crippen molar-refractivity contribution in [3.05, 3.63) is 0 Å². The highest BCUT2D eigenvalue weighted by atomic mass is 32.2. The summed E-state index contributed by atoms with van der Waals surface area (Å²) in [7, 11) is -1.98. The van der Waals surface area contributed by atoms with E-state index in [9.17, 15) is 8.42 Å². The Bertz CT molecular complexity index is 341. The number of rotatable bonds is 19. The Morgan fingerprint density at radius 3 is 1.17 bits per heavy atom. The second kappa shape index (κ2) is 17.7. The maximum atomic E-state index is 10.6. The van der Waals surface area contributed by atoms with E-state index in [2.05, 4.69) is 0 Å². The molecule has 0 atom stereocenters. The van der Waals surface area contributed by atoms with Crippen molar-refractivity contribution in [2.24, 2.45) is 0 Å². The normalized spacial score (nSPS) is 11.9. The fraction of sp³-hybridized carbons (Fsp3) is 1.00. The molecule has 0 rings (SSSR count). The Kier molecular flexibility index (Phi) is 17.6. The fourth-order valence-corrected chi connectivity index (χ4v) is 3.57. The molecule has 0 aliphatic carbocycles. The van der Waals surface area contributed by atoms with Crippen molar-refractivity contribution in [1.82, 2.24) is 0 Å². The first kappa shape index (κ1) is 23.9. The SMILES string of the molecule is COCCCCCCCCCCCCCCCCCCS(=O)(=O)O. The van der Waals surface area contributed by atoms with Gasteiger partial charge in [-0.15, -0.1) is 0 Å². The van der Waals surface area contributed by atoms with Crippen LogP contribution in [0.4, 0.5) is 0 Å². The maximum Gasteiger partial charge on any atom is 0.264 e. The summed E-state index contributed by atoms with van der Waals surface area (Å²) in [4.78, 5) is 0. The van der Waals surface area contributed by atoms with Crippen LogP contribution in [0.15, 0.2) is 0 Å². The molecule has 0 bridgehead atoms. The molecule has 146 valence electrons. The van der Waals surface area contributed by atoms with Gasteiger partial charge >= 0.3 is 0 Å². The predicted molar refractivity (Wildman–Crippen MR) is 102 cm³/mol. The highest BCUT2D eigenvalue weighted by Gasteiger charge is 2.02. The molecule has 5 heteroatoms. The summed E-state index contributed by atoms with van der Waals surface area (Å²) in [6.45, 7) is 0.907. The minimum atomic E-state index is -3.75. The van der Waals surface area contributed by atoms with Gasteiger partial charge in [0.2, 0.25) is 0 Å². The number of hydrogen-bond donors (Lipinski definition) is 1. The van der Waals surface area contributed by atoms with Crippen LogP contribution < -0.4 is 0 Å². The van der Waals surface area contributed by atoms with Crippen LogP contribution in [0.1, 0.15) is 103 Å². The van der Waals surface area contributed by atoms with E-state index in [1.165, 1.54) is 83.5 Å². The van der Waals surface area contributed by atoms with Gasteiger partial charge in [-0.2, -0.15) is 8.42 Å². The second-order valence-corrected chi connectivity index (χ2v) is 8.51. The zero-order valence-electron chi connectivity index (χ0n) is 15.8. The summed E-state index contributed by atoms with van der Waals surface area (Å²) in [6, 6.07) is 0. The predicted octanol–water partition coefficient (Wildman–Crippen LogP) is 5.76. The summed E-state index contributed by atoms with van der Waals surface area (Å²) in [6.07, 6.45) is 19.8. The van der Waals surface area contributed by atoms with E-state index in [1.807, 2.05) is 0 Å². The van der Waals surface area contributed by atoms with Gasteiger partial charge in [-0.3, -0.25) is 4.55 Å². The molecule has 0 aliphatic rings. The quantitative estimate of drug-likeness (QED) is 0.234. The molecule has 1 N–H and O–H groups in total. The molecular formula is C19H40O4S. The third kappa shape index (κ3) is 21.9. The van der Waals surface area contributed by atoms with E-state index in [0.717, 1.165) is 19.4 Å². The maximum absolute atomic E-state index is 10.6. The fourth-order valence-electron chi connectivity index (χ4n) is 3.01. The zero-order valence-corrected chi connectivity index (χ0v) is 16.6. The van der Waals surface area contributed by atoms with E-state index < -0.39 is 10.1 Å². The smallest absolute Gasteiger partial charge is 0.264 e. The molecular weight excluding hydrogens is 324 g/mol. The highest BCUT2D eigenvalue weighted by Crippen LogP contribution is 2.13. The van der Waals surface area contributed by atoms with Crippen molar-refractivity contribution < 1.29 is 17.7 Å². The van der Waals surface area contributed by atoms with Gasteiger partial charge in [-0.25, -0.2) is 0 Å². The van der Waals surface area contributed by atoms with E-state index in [-0.39, 0.29) is 5.75 Å². The van der Waals surface area contributed by atoms with Gasteiger partial charge < -0.3 is 4.74 Å². The summed E-state index contributed by atoms with van der Waals surface area (Å²) < 4.78 is 34.8. The zero-order chi connectivity index (χ0) is 17.9. The van der Waals surface area contributed by atoms with Crippen LogP contribution >= 0.6 is 0 Å². The Balaban J connectivity index is 3.03. The van der Waals surface area contributed by atoms with Gasteiger partial charge in [0.1, 0.15) is 0 Å². The van der Waals surface area contributed by atoms with Crippen LogP contribution in [-0.2, 0) is 14.9 Å². The summed E-state index contributed by atoms with van der Waals surface area (Å²) in [5, 5.41) is 0. The average Bonchev–Trinajstić information content (AvgIpc) is 2.52. The molecule has 4 nitrogen and oxygen atoms in total. The lowest BCUT2D eigenvalue weighted by atomic mass is 10.0. The van der Waals surface area contributed by atoms with Crippen LogP contribution in [-0.4, -0.2) is 32.4 Å². The largest absolute Gasteiger partial charge is 0.385 e. The molecule has 24 heavy (non-hydrogen) atoms. The van der Waals surface area contributed by atoms with Gasteiger partial charge in [0, 0.05) is 13.7 Å². The van der Waals surface area contributed by atoms with E-state index in [1.54, 1.807) is 7.11 Å². The molecule has 0 aliphatic heterocycles. The molecule has 0 aromatic heterocycles. The molecule has 0 amide bonds. The molecule has 0 aromatic carbocycles. The van der Waals surface area contributed by atoms with Crippen molar-refractivity contribution >= 4 is 10.1 Å². The lowest BCUT2D eigenvalue weighted by Crippen LogP contribution is -2.03. The minimum absolute atomic E-state index is 0.0832. The van der Waals surface area contributed by atoms with Crippen LogP contribution in [0.25, 0.3) is 0 Å². The number of unbranched alkanes of at least 4 members (excludes halogenated alkanes) is 15. The molecule has 0 saturated carbocycles. The van der Waals surface area contributed by atoms with Crippen LogP contribution in [0.3, 0.4) is 0 Å². The monoisotopic (exact) mass is 364 g/mol. The minimum Gasteiger partial charge on any atom is -0.385 e. The van der Waals surface area contributed by atoms with Crippen molar-refractivity contribution in [3.8, 4) is 0 Å². The lowest BCUT2D eigenvalue weighted by Gasteiger charge is -2.03. The van der Waals surface area contributed by atoms with Crippen molar-refractivity contribution in [3.63, 3.8) is 0 Å². The second-order valence-electron chi connectivity index (χ2n) is 6.94. The molecule has 0 spiro atoms. The molecule has 0 fully saturated rings. The van der Waals surface area contributed by atoms with E-state index in [0.29, 0.717) is 6.42 Å². The summed E-state index contributed by atoms with van der Waals surface area (Å²) in [5.74, 6) is -0.0832. The average molecular weight is 365 g/mol. The summed E-state index contributed by atoms with van der Waals surface area (Å²) in [5.41, 5.74) is 0. The van der Waals surface area contributed by atoms with E-state index >= 15 is 0 Å². The van der Waals surface area contributed by atoms with Gasteiger partial charge in [-0.05, 0) is 12.8 Å². The first-order valence-electron chi connectivity index (χ1n) is 10.0.